The van der Waals surface area contributed by atoms with E-state index in [2.05, 4.69) is 4.98 Å². The number of rotatable bonds is 5. The van der Waals surface area contributed by atoms with Gasteiger partial charge in [-0.3, -0.25) is 4.98 Å². The van der Waals surface area contributed by atoms with Crippen LogP contribution in [0.2, 0.25) is 0 Å². The third-order valence-electron chi connectivity index (χ3n) is 2.57. The maximum atomic E-state index is 11.5. The fourth-order valence-electron chi connectivity index (χ4n) is 1.61. The quantitative estimate of drug-likeness (QED) is 0.666. The van der Waals surface area contributed by atoms with Gasteiger partial charge in [-0.25, -0.2) is 4.79 Å². The van der Waals surface area contributed by atoms with E-state index in [4.69, 9.17) is 15.2 Å². The summed E-state index contributed by atoms with van der Waals surface area (Å²) in [7, 11) is 0. The molecule has 1 aromatic heterocycles. The van der Waals surface area contributed by atoms with Gasteiger partial charge in [0.2, 0.25) is 0 Å². The third-order valence-corrected chi connectivity index (χ3v) is 2.57. The van der Waals surface area contributed by atoms with Crippen molar-refractivity contribution >= 4 is 11.7 Å². The Labute approximate surface area is 117 Å². The van der Waals surface area contributed by atoms with Crippen molar-refractivity contribution in [3.63, 3.8) is 0 Å². The molecule has 2 aromatic rings. The first-order chi connectivity index (χ1) is 9.63. The third kappa shape index (κ3) is 4.28. The van der Waals surface area contributed by atoms with Crippen LogP contribution in [0.4, 0.5) is 5.69 Å². The molecular weight excluding hydrogens is 256 g/mol. The van der Waals surface area contributed by atoms with E-state index in [-0.39, 0.29) is 13.2 Å². The highest BCUT2D eigenvalue weighted by atomic mass is 16.6. The summed E-state index contributed by atoms with van der Waals surface area (Å²) in [6.07, 6.45) is 3.41. The number of nitrogen functional groups attached to an aromatic ring is 1. The number of carbonyl (C=O) groups is 1. The zero-order valence-electron chi connectivity index (χ0n) is 11.2. The SMILES string of the molecule is Cc1cncc(COC(=O)COc2ccc(N)cc2)c1. The average Bonchev–Trinajstić information content (AvgIpc) is 2.45. The predicted octanol–water partition coefficient (Wildman–Crippen LogP) is 2.09. The van der Waals surface area contributed by atoms with Crippen LogP contribution in [0, 0.1) is 6.92 Å². The standard InChI is InChI=1S/C15H16N2O3/c1-11-6-12(8-17-7-11)9-20-15(18)10-19-14-4-2-13(16)3-5-14/h2-8H,9-10,16H2,1H3. The summed E-state index contributed by atoms with van der Waals surface area (Å²) >= 11 is 0. The molecule has 104 valence electrons. The van der Waals surface area contributed by atoms with Crippen LogP contribution in [-0.2, 0) is 16.1 Å². The van der Waals surface area contributed by atoms with Gasteiger partial charge in [-0.2, -0.15) is 0 Å². The lowest BCUT2D eigenvalue weighted by molar-refractivity contribution is -0.147. The summed E-state index contributed by atoms with van der Waals surface area (Å²) in [4.78, 5) is 15.6. The van der Waals surface area contributed by atoms with Gasteiger partial charge in [-0.05, 0) is 42.8 Å². The van der Waals surface area contributed by atoms with Crippen LogP contribution in [0.3, 0.4) is 0 Å². The van der Waals surface area contributed by atoms with E-state index in [1.165, 1.54) is 0 Å². The van der Waals surface area contributed by atoms with Gasteiger partial charge in [0.05, 0.1) is 0 Å². The molecule has 0 saturated carbocycles. The fourth-order valence-corrected chi connectivity index (χ4v) is 1.61. The fraction of sp³-hybridized carbons (Fsp3) is 0.200. The molecule has 0 radical (unpaired) electrons. The van der Waals surface area contributed by atoms with E-state index in [1.807, 2.05) is 13.0 Å². The lowest BCUT2D eigenvalue weighted by Gasteiger charge is -2.07. The van der Waals surface area contributed by atoms with Crippen molar-refractivity contribution in [1.29, 1.82) is 0 Å². The lowest BCUT2D eigenvalue weighted by atomic mass is 10.2. The van der Waals surface area contributed by atoms with Crippen LogP contribution in [0.1, 0.15) is 11.1 Å². The molecule has 2 N–H and O–H groups in total. The molecule has 0 unspecified atom stereocenters. The highest BCUT2D eigenvalue weighted by molar-refractivity contribution is 5.71. The van der Waals surface area contributed by atoms with Crippen molar-refractivity contribution in [2.45, 2.75) is 13.5 Å². The van der Waals surface area contributed by atoms with Crippen LogP contribution in [0.15, 0.2) is 42.7 Å². The number of nitrogens with zero attached hydrogens (tertiary/aromatic N) is 1. The smallest absolute Gasteiger partial charge is 0.344 e. The van der Waals surface area contributed by atoms with Crippen molar-refractivity contribution < 1.29 is 14.3 Å². The minimum absolute atomic E-state index is 0.136. The highest BCUT2D eigenvalue weighted by Crippen LogP contribution is 2.13. The number of ether oxygens (including phenoxy) is 2. The molecule has 2 rings (SSSR count). The molecule has 0 amide bonds. The Morgan fingerprint density at radius 2 is 2.00 bits per heavy atom. The Balaban J connectivity index is 1.77. The van der Waals surface area contributed by atoms with Gasteiger partial charge in [0.1, 0.15) is 12.4 Å². The Bertz CT molecular complexity index is 582. The number of hydrogen-bond donors (Lipinski definition) is 1. The predicted molar refractivity (Wildman–Crippen MR) is 75.1 cm³/mol. The zero-order chi connectivity index (χ0) is 14.4. The summed E-state index contributed by atoms with van der Waals surface area (Å²) < 4.78 is 10.4. The number of benzene rings is 1. The highest BCUT2D eigenvalue weighted by Gasteiger charge is 2.05. The summed E-state index contributed by atoms with van der Waals surface area (Å²) in [5, 5.41) is 0. The van der Waals surface area contributed by atoms with E-state index in [0.717, 1.165) is 11.1 Å². The maximum Gasteiger partial charge on any atom is 0.344 e. The first-order valence-corrected chi connectivity index (χ1v) is 6.18. The van der Waals surface area contributed by atoms with Crippen molar-refractivity contribution in [3.05, 3.63) is 53.9 Å². The maximum absolute atomic E-state index is 11.5. The van der Waals surface area contributed by atoms with E-state index in [1.54, 1.807) is 36.7 Å². The van der Waals surface area contributed by atoms with Gasteiger partial charge in [-0.1, -0.05) is 0 Å². The zero-order valence-corrected chi connectivity index (χ0v) is 11.2. The van der Waals surface area contributed by atoms with Gasteiger partial charge in [-0.15, -0.1) is 0 Å². The summed E-state index contributed by atoms with van der Waals surface area (Å²) in [5.41, 5.74) is 8.08. The largest absolute Gasteiger partial charge is 0.482 e. The van der Waals surface area contributed by atoms with Crippen LogP contribution < -0.4 is 10.5 Å². The number of nitrogens with two attached hydrogens (primary N) is 1. The Morgan fingerprint density at radius 3 is 2.70 bits per heavy atom. The summed E-state index contributed by atoms with van der Waals surface area (Å²) in [6.45, 7) is 1.99. The number of esters is 1. The molecule has 0 aliphatic rings. The van der Waals surface area contributed by atoms with Gasteiger partial charge in [0.25, 0.3) is 0 Å². The molecular formula is C15H16N2O3. The molecule has 0 aliphatic carbocycles. The molecule has 0 aliphatic heterocycles. The number of aryl methyl sites for hydroxylation is 1. The Morgan fingerprint density at radius 1 is 1.25 bits per heavy atom. The second-order valence-electron chi connectivity index (χ2n) is 4.39. The van der Waals surface area contributed by atoms with E-state index in [9.17, 15) is 4.79 Å². The second-order valence-corrected chi connectivity index (χ2v) is 4.39. The summed E-state index contributed by atoms with van der Waals surface area (Å²) in [6, 6.07) is 8.74. The number of hydrogen-bond acceptors (Lipinski definition) is 5. The molecule has 0 atom stereocenters. The van der Waals surface area contributed by atoms with Gasteiger partial charge >= 0.3 is 5.97 Å². The molecule has 1 heterocycles. The topological polar surface area (TPSA) is 74.4 Å². The minimum Gasteiger partial charge on any atom is -0.482 e. The van der Waals surface area contributed by atoms with Crippen LogP contribution >= 0.6 is 0 Å². The van der Waals surface area contributed by atoms with Gasteiger partial charge < -0.3 is 15.2 Å². The number of pyridine rings is 1. The van der Waals surface area contributed by atoms with Crippen molar-refractivity contribution in [1.82, 2.24) is 4.98 Å². The monoisotopic (exact) mass is 272 g/mol. The van der Waals surface area contributed by atoms with E-state index in [0.29, 0.717) is 11.4 Å². The molecule has 5 nitrogen and oxygen atoms in total. The van der Waals surface area contributed by atoms with E-state index < -0.39 is 5.97 Å². The molecule has 5 heteroatoms. The molecule has 0 fully saturated rings. The van der Waals surface area contributed by atoms with Gasteiger partial charge in [0.15, 0.2) is 6.61 Å². The molecule has 1 aromatic carbocycles. The minimum atomic E-state index is -0.427. The van der Waals surface area contributed by atoms with Gasteiger partial charge in [0, 0.05) is 23.6 Å². The first kappa shape index (κ1) is 13.9. The lowest BCUT2D eigenvalue weighted by Crippen LogP contribution is -2.14. The van der Waals surface area contributed by atoms with Crippen molar-refractivity contribution in [2.75, 3.05) is 12.3 Å². The normalized spacial score (nSPS) is 10.1. The van der Waals surface area contributed by atoms with Crippen LogP contribution in [-0.4, -0.2) is 17.6 Å². The second kappa shape index (κ2) is 6.56. The van der Waals surface area contributed by atoms with Crippen molar-refractivity contribution in [3.8, 4) is 5.75 Å². The number of aromatic nitrogens is 1. The average molecular weight is 272 g/mol. The molecule has 0 spiro atoms. The Kier molecular flexibility index (Phi) is 4.55. The Hall–Kier alpha value is -2.56. The number of anilines is 1. The first-order valence-electron chi connectivity index (χ1n) is 6.18. The van der Waals surface area contributed by atoms with Crippen LogP contribution in [0.25, 0.3) is 0 Å². The van der Waals surface area contributed by atoms with Crippen molar-refractivity contribution in [2.24, 2.45) is 0 Å². The molecule has 0 bridgehead atoms. The molecule has 20 heavy (non-hydrogen) atoms. The van der Waals surface area contributed by atoms with Crippen LogP contribution in [0.5, 0.6) is 5.75 Å². The number of carbonyl (C=O) groups excluding carboxylic acids is 1. The summed E-state index contributed by atoms with van der Waals surface area (Å²) in [5.74, 6) is 0.150. The molecule has 0 saturated heterocycles. The van der Waals surface area contributed by atoms with E-state index >= 15 is 0 Å².